The fraction of sp³-hybridized carbons (Fsp3) is 0.310. The SMILES string of the molecule is COc1ccc(OC)c([C@H](C(=O)NC(C)(C)C)N(C(=O)Cn2nnc3ccccc32)c2ccc(C)cc2)c1. The van der Waals surface area contributed by atoms with Gasteiger partial charge in [0.1, 0.15) is 29.6 Å². The fourth-order valence-electron chi connectivity index (χ4n) is 4.27. The molecule has 3 aromatic carbocycles. The van der Waals surface area contributed by atoms with Gasteiger partial charge in [-0.25, -0.2) is 4.68 Å². The Kier molecular flexibility index (Phi) is 7.66. The molecule has 9 heteroatoms. The lowest BCUT2D eigenvalue weighted by Crippen LogP contribution is -2.50. The minimum Gasteiger partial charge on any atom is -0.497 e. The van der Waals surface area contributed by atoms with Crippen molar-refractivity contribution in [3.8, 4) is 11.5 Å². The highest BCUT2D eigenvalue weighted by Gasteiger charge is 2.37. The number of rotatable bonds is 8. The van der Waals surface area contributed by atoms with E-state index in [4.69, 9.17) is 9.47 Å². The molecule has 0 aliphatic carbocycles. The Morgan fingerprint density at radius 1 is 1.00 bits per heavy atom. The Morgan fingerprint density at radius 2 is 1.71 bits per heavy atom. The van der Waals surface area contributed by atoms with Crippen molar-refractivity contribution in [2.45, 2.75) is 45.8 Å². The number of fused-ring (bicyclic) bond motifs is 1. The summed E-state index contributed by atoms with van der Waals surface area (Å²) in [4.78, 5) is 29.7. The van der Waals surface area contributed by atoms with Gasteiger partial charge < -0.3 is 14.8 Å². The zero-order chi connectivity index (χ0) is 27.4. The van der Waals surface area contributed by atoms with Crippen molar-refractivity contribution in [2.75, 3.05) is 19.1 Å². The van der Waals surface area contributed by atoms with Crippen LogP contribution in [0.25, 0.3) is 11.0 Å². The van der Waals surface area contributed by atoms with E-state index in [0.29, 0.717) is 28.3 Å². The molecule has 4 aromatic rings. The van der Waals surface area contributed by atoms with Crippen LogP contribution in [0, 0.1) is 6.92 Å². The number of hydrogen-bond donors (Lipinski definition) is 1. The van der Waals surface area contributed by atoms with E-state index >= 15 is 0 Å². The molecule has 0 saturated heterocycles. The van der Waals surface area contributed by atoms with E-state index in [0.717, 1.165) is 11.1 Å². The molecule has 0 saturated carbocycles. The van der Waals surface area contributed by atoms with Gasteiger partial charge in [-0.1, -0.05) is 35.0 Å². The second-order valence-electron chi connectivity index (χ2n) is 10.1. The standard InChI is InChI=1S/C29H33N5O4/c1-19-11-13-20(14-12-19)34(26(35)18-33-24-10-8-7-9-23(24)31-32-33)27(28(36)30-29(2,3)4)22-17-21(37-5)15-16-25(22)38-6/h7-17,27H,18H2,1-6H3,(H,30,36)/t27-/m1/s1. The third-order valence-electron chi connectivity index (χ3n) is 6.02. The van der Waals surface area contributed by atoms with E-state index in [1.54, 1.807) is 30.0 Å². The predicted molar refractivity (Wildman–Crippen MR) is 146 cm³/mol. The number of para-hydroxylation sites is 1. The minimum atomic E-state index is -1.07. The molecule has 0 unspecified atom stereocenters. The van der Waals surface area contributed by atoms with Gasteiger partial charge >= 0.3 is 0 Å². The lowest BCUT2D eigenvalue weighted by atomic mass is 9.99. The van der Waals surface area contributed by atoms with Crippen LogP contribution in [0.2, 0.25) is 0 Å². The van der Waals surface area contributed by atoms with E-state index < -0.39 is 11.6 Å². The molecule has 0 spiro atoms. The molecule has 0 bridgehead atoms. The first-order valence-electron chi connectivity index (χ1n) is 12.3. The molecule has 1 aromatic heterocycles. The Morgan fingerprint density at radius 3 is 2.37 bits per heavy atom. The van der Waals surface area contributed by atoms with Gasteiger partial charge in [0.2, 0.25) is 11.8 Å². The molecule has 0 radical (unpaired) electrons. The number of amides is 2. The van der Waals surface area contributed by atoms with Crippen molar-refractivity contribution in [1.29, 1.82) is 0 Å². The number of benzene rings is 3. The summed E-state index contributed by atoms with van der Waals surface area (Å²) in [7, 11) is 3.08. The molecule has 1 N–H and O–H groups in total. The number of ether oxygens (including phenoxy) is 2. The third kappa shape index (κ3) is 5.77. The number of aromatic nitrogens is 3. The Balaban J connectivity index is 1.89. The van der Waals surface area contributed by atoms with Gasteiger partial charge in [0.15, 0.2) is 0 Å². The van der Waals surface area contributed by atoms with Crippen LogP contribution < -0.4 is 19.7 Å². The van der Waals surface area contributed by atoms with Crippen molar-refractivity contribution in [2.24, 2.45) is 0 Å². The molecule has 0 aliphatic rings. The van der Waals surface area contributed by atoms with E-state index in [-0.39, 0.29) is 18.4 Å². The summed E-state index contributed by atoms with van der Waals surface area (Å²) in [6.07, 6.45) is 0. The maximum Gasteiger partial charge on any atom is 0.249 e. The topological polar surface area (TPSA) is 98.6 Å². The largest absolute Gasteiger partial charge is 0.497 e. The Hall–Kier alpha value is -4.40. The van der Waals surface area contributed by atoms with E-state index in [9.17, 15) is 9.59 Å². The summed E-state index contributed by atoms with van der Waals surface area (Å²) in [6.45, 7) is 7.52. The van der Waals surface area contributed by atoms with Crippen LogP contribution in [0.4, 0.5) is 5.69 Å². The van der Waals surface area contributed by atoms with Crippen LogP contribution in [0.3, 0.4) is 0 Å². The summed E-state index contributed by atoms with van der Waals surface area (Å²) in [5.74, 6) is 0.286. The van der Waals surface area contributed by atoms with Gasteiger partial charge in [0.25, 0.3) is 0 Å². The van der Waals surface area contributed by atoms with Crippen molar-refractivity contribution in [3.63, 3.8) is 0 Å². The lowest BCUT2D eigenvalue weighted by molar-refractivity contribution is -0.128. The first-order valence-corrected chi connectivity index (χ1v) is 12.3. The first kappa shape index (κ1) is 26.7. The average Bonchev–Trinajstić information content (AvgIpc) is 3.29. The number of nitrogens with one attached hydrogen (secondary N) is 1. The quantitative estimate of drug-likeness (QED) is 0.372. The summed E-state index contributed by atoms with van der Waals surface area (Å²) < 4.78 is 12.7. The summed E-state index contributed by atoms with van der Waals surface area (Å²) >= 11 is 0. The second-order valence-corrected chi connectivity index (χ2v) is 10.1. The van der Waals surface area contributed by atoms with Crippen LogP contribution in [0.1, 0.15) is 37.9 Å². The Labute approximate surface area is 222 Å². The van der Waals surface area contributed by atoms with E-state index in [2.05, 4.69) is 15.6 Å². The number of methoxy groups -OCH3 is 2. The third-order valence-corrected chi connectivity index (χ3v) is 6.02. The van der Waals surface area contributed by atoms with E-state index in [1.807, 2.05) is 76.2 Å². The number of carbonyl (C=O) groups excluding carboxylic acids is 2. The highest BCUT2D eigenvalue weighted by molar-refractivity contribution is 6.02. The zero-order valence-electron chi connectivity index (χ0n) is 22.6. The van der Waals surface area contributed by atoms with Crippen LogP contribution in [-0.2, 0) is 16.1 Å². The highest BCUT2D eigenvalue weighted by Crippen LogP contribution is 2.36. The van der Waals surface area contributed by atoms with Gasteiger partial charge in [0, 0.05) is 16.8 Å². The number of aryl methyl sites for hydroxylation is 1. The van der Waals surface area contributed by atoms with Gasteiger partial charge in [-0.2, -0.15) is 0 Å². The monoisotopic (exact) mass is 515 g/mol. The molecule has 0 fully saturated rings. The number of anilines is 1. The number of nitrogens with zero attached hydrogens (tertiary/aromatic N) is 4. The average molecular weight is 516 g/mol. The molecule has 38 heavy (non-hydrogen) atoms. The summed E-state index contributed by atoms with van der Waals surface area (Å²) in [5, 5.41) is 11.4. The predicted octanol–water partition coefficient (Wildman–Crippen LogP) is 4.45. The fourth-order valence-corrected chi connectivity index (χ4v) is 4.27. The molecule has 1 heterocycles. The van der Waals surface area contributed by atoms with Gasteiger partial charge in [-0.15, -0.1) is 5.10 Å². The van der Waals surface area contributed by atoms with Crippen molar-refractivity contribution in [3.05, 3.63) is 77.9 Å². The minimum absolute atomic E-state index is 0.125. The molecule has 4 rings (SSSR count). The molecule has 1 atom stereocenters. The smallest absolute Gasteiger partial charge is 0.249 e. The van der Waals surface area contributed by atoms with Crippen molar-refractivity contribution in [1.82, 2.24) is 20.3 Å². The molecule has 0 aliphatic heterocycles. The highest BCUT2D eigenvalue weighted by atomic mass is 16.5. The molecule has 2 amide bonds. The van der Waals surface area contributed by atoms with Gasteiger partial charge in [-0.05, 0) is 70.2 Å². The van der Waals surface area contributed by atoms with Crippen LogP contribution in [-0.4, -0.2) is 46.6 Å². The maximum absolute atomic E-state index is 14.2. The molecule has 9 nitrogen and oxygen atoms in total. The molecular weight excluding hydrogens is 482 g/mol. The second kappa shape index (κ2) is 10.9. The van der Waals surface area contributed by atoms with Crippen LogP contribution in [0.15, 0.2) is 66.7 Å². The Bertz CT molecular complexity index is 1440. The number of hydrogen-bond acceptors (Lipinski definition) is 6. The van der Waals surface area contributed by atoms with E-state index in [1.165, 1.54) is 12.0 Å². The van der Waals surface area contributed by atoms with Crippen LogP contribution >= 0.6 is 0 Å². The van der Waals surface area contributed by atoms with Crippen molar-refractivity contribution < 1.29 is 19.1 Å². The molecule has 198 valence electrons. The summed E-state index contributed by atoms with van der Waals surface area (Å²) in [5.41, 5.74) is 2.93. The van der Waals surface area contributed by atoms with Gasteiger partial charge in [-0.3, -0.25) is 14.5 Å². The maximum atomic E-state index is 14.2. The lowest BCUT2D eigenvalue weighted by Gasteiger charge is -2.34. The normalized spacial score (nSPS) is 12.2. The molecular formula is C29H33N5O4. The zero-order valence-corrected chi connectivity index (χ0v) is 22.6. The van der Waals surface area contributed by atoms with Crippen molar-refractivity contribution >= 4 is 28.5 Å². The van der Waals surface area contributed by atoms with Crippen LogP contribution in [0.5, 0.6) is 11.5 Å². The first-order chi connectivity index (χ1) is 18.1. The number of carbonyl (C=O) groups is 2. The summed E-state index contributed by atoms with van der Waals surface area (Å²) in [6, 6.07) is 19.0. The van der Waals surface area contributed by atoms with Gasteiger partial charge in [0.05, 0.1) is 19.7 Å².